The molecule has 0 spiro atoms. The summed E-state index contributed by atoms with van der Waals surface area (Å²) in [6, 6.07) is 5.07. The van der Waals surface area contributed by atoms with Crippen molar-refractivity contribution in [1.82, 2.24) is 19.5 Å². The molecule has 3 rings (SSSR count). The van der Waals surface area contributed by atoms with Crippen molar-refractivity contribution in [1.29, 1.82) is 0 Å². The van der Waals surface area contributed by atoms with Crippen LogP contribution in [0.5, 0.6) is 0 Å². The zero-order valence-electron chi connectivity index (χ0n) is 13.3. The Labute approximate surface area is 148 Å². The van der Waals surface area contributed by atoms with E-state index in [9.17, 15) is 4.79 Å². The Kier molecular flexibility index (Phi) is 4.97. The van der Waals surface area contributed by atoms with Gasteiger partial charge in [0.2, 0.25) is 5.95 Å². The minimum absolute atomic E-state index is 0.148. The van der Waals surface area contributed by atoms with Crippen LogP contribution in [0.2, 0.25) is 5.02 Å². The van der Waals surface area contributed by atoms with Gasteiger partial charge in [0.15, 0.2) is 11.3 Å². The van der Waals surface area contributed by atoms with Crippen LogP contribution in [0.1, 0.15) is 12.0 Å². The Morgan fingerprint density at radius 1 is 1.44 bits per heavy atom. The first kappa shape index (κ1) is 17.0. The van der Waals surface area contributed by atoms with E-state index in [1.807, 2.05) is 0 Å². The molecule has 2 heterocycles. The van der Waals surface area contributed by atoms with Crippen molar-refractivity contribution in [3.05, 3.63) is 56.9 Å². The van der Waals surface area contributed by atoms with E-state index in [2.05, 4.69) is 25.1 Å². The van der Waals surface area contributed by atoms with Crippen LogP contribution in [0.4, 0.5) is 11.6 Å². The summed E-state index contributed by atoms with van der Waals surface area (Å²) in [5.41, 5.74) is 7.09. The molecule has 0 bridgehead atoms. The van der Waals surface area contributed by atoms with Crippen LogP contribution in [0, 0.1) is 6.57 Å². The van der Waals surface area contributed by atoms with Gasteiger partial charge in [-0.3, -0.25) is 4.57 Å². The van der Waals surface area contributed by atoms with Crippen molar-refractivity contribution in [3.8, 4) is 0 Å². The molecule has 0 amide bonds. The minimum atomic E-state index is -0.334. The standard InChI is InChI=1S/C16H16ClN7O/c1-19-12-5-2-4-11(17)10(12)9-24-14-13(22-16(24)25)8-21-15(23-14)20-7-3-6-18/h2,4-5,8H,3,6-7,9,18H2,(H,22,25)(H,20,21,23). The summed E-state index contributed by atoms with van der Waals surface area (Å²) in [6.45, 7) is 8.64. The average Bonchev–Trinajstić information content (AvgIpc) is 2.92. The van der Waals surface area contributed by atoms with Crippen LogP contribution in [0.15, 0.2) is 29.2 Å². The smallest absolute Gasteiger partial charge is 0.327 e. The predicted molar refractivity (Wildman–Crippen MR) is 97.1 cm³/mol. The van der Waals surface area contributed by atoms with Gasteiger partial charge in [0.25, 0.3) is 0 Å². The van der Waals surface area contributed by atoms with Gasteiger partial charge < -0.3 is 16.0 Å². The number of halogens is 1. The minimum Gasteiger partial charge on any atom is -0.354 e. The quantitative estimate of drug-likeness (QED) is 0.463. The molecule has 0 saturated carbocycles. The fourth-order valence-electron chi connectivity index (χ4n) is 2.45. The highest BCUT2D eigenvalue weighted by Crippen LogP contribution is 2.28. The third-order valence-corrected chi connectivity index (χ3v) is 4.06. The molecule has 0 saturated heterocycles. The molecule has 0 aliphatic heterocycles. The number of nitrogens with one attached hydrogen (secondary N) is 2. The Balaban J connectivity index is 2.01. The fourth-order valence-corrected chi connectivity index (χ4v) is 2.68. The van der Waals surface area contributed by atoms with Gasteiger partial charge >= 0.3 is 5.69 Å². The lowest BCUT2D eigenvalue weighted by molar-refractivity contribution is 0.779. The van der Waals surface area contributed by atoms with Crippen LogP contribution in [-0.2, 0) is 6.54 Å². The SMILES string of the molecule is [C-]#[N+]c1cccc(Cl)c1Cn1c(=O)[nH]c2cnc(NCCCN)nc21. The maximum Gasteiger partial charge on any atom is 0.327 e. The zero-order chi connectivity index (χ0) is 17.8. The highest BCUT2D eigenvalue weighted by Gasteiger charge is 2.14. The Hall–Kier alpha value is -2.89. The van der Waals surface area contributed by atoms with Crippen molar-refractivity contribution in [3.63, 3.8) is 0 Å². The molecule has 0 aliphatic carbocycles. The van der Waals surface area contributed by atoms with Gasteiger partial charge in [-0.25, -0.2) is 14.6 Å². The molecule has 9 heteroatoms. The fraction of sp³-hybridized carbons (Fsp3) is 0.250. The molecule has 0 radical (unpaired) electrons. The van der Waals surface area contributed by atoms with E-state index >= 15 is 0 Å². The highest BCUT2D eigenvalue weighted by atomic mass is 35.5. The zero-order valence-corrected chi connectivity index (χ0v) is 14.0. The number of hydrogen-bond acceptors (Lipinski definition) is 5. The van der Waals surface area contributed by atoms with Crippen LogP contribution in [-0.4, -0.2) is 32.6 Å². The number of aromatic nitrogens is 4. The summed E-state index contributed by atoms with van der Waals surface area (Å²) in [6.07, 6.45) is 2.34. The van der Waals surface area contributed by atoms with Crippen LogP contribution in [0.25, 0.3) is 16.0 Å². The molecule has 25 heavy (non-hydrogen) atoms. The number of anilines is 1. The van der Waals surface area contributed by atoms with Crippen molar-refractivity contribution in [2.24, 2.45) is 5.73 Å². The lowest BCUT2D eigenvalue weighted by atomic mass is 10.2. The normalized spacial score (nSPS) is 10.8. The topological polar surface area (TPSA) is 106 Å². The summed E-state index contributed by atoms with van der Waals surface area (Å²) in [4.78, 5) is 27.1. The largest absolute Gasteiger partial charge is 0.354 e. The molecule has 0 aliphatic rings. The molecule has 3 aromatic rings. The Bertz CT molecular complexity index is 1000. The van der Waals surface area contributed by atoms with E-state index < -0.39 is 0 Å². The van der Waals surface area contributed by atoms with E-state index in [4.69, 9.17) is 23.9 Å². The first-order valence-electron chi connectivity index (χ1n) is 7.68. The lowest BCUT2D eigenvalue weighted by Gasteiger charge is -2.08. The van der Waals surface area contributed by atoms with Crippen molar-refractivity contribution in [2.75, 3.05) is 18.4 Å². The maximum absolute atomic E-state index is 12.3. The van der Waals surface area contributed by atoms with Crippen LogP contribution in [0.3, 0.4) is 0 Å². The average molecular weight is 358 g/mol. The van der Waals surface area contributed by atoms with Gasteiger partial charge in [0.1, 0.15) is 5.52 Å². The second-order valence-electron chi connectivity index (χ2n) is 5.37. The van der Waals surface area contributed by atoms with Crippen LogP contribution >= 0.6 is 11.6 Å². The van der Waals surface area contributed by atoms with Crippen LogP contribution < -0.4 is 16.7 Å². The summed E-state index contributed by atoms with van der Waals surface area (Å²) < 4.78 is 1.45. The van der Waals surface area contributed by atoms with Crippen molar-refractivity contribution in [2.45, 2.75) is 13.0 Å². The summed E-state index contributed by atoms with van der Waals surface area (Å²) in [5.74, 6) is 0.415. The molecular weight excluding hydrogens is 342 g/mol. The number of benzene rings is 1. The number of nitrogens with zero attached hydrogens (tertiary/aromatic N) is 4. The van der Waals surface area contributed by atoms with E-state index in [1.165, 1.54) is 4.57 Å². The molecule has 0 fully saturated rings. The van der Waals surface area contributed by atoms with E-state index in [0.717, 1.165) is 6.42 Å². The second kappa shape index (κ2) is 7.34. The molecule has 8 nitrogen and oxygen atoms in total. The number of H-pyrrole nitrogens is 1. The molecule has 128 valence electrons. The van der Waals surface area contributed by atoms with E-state index in [0.29, 0.717) is 46.5 Å². The van der Waals surface area contributed by atoms with Gasteiger partial charge in [-0.2, -0.15) is 4.98 Å². The Morgan fingerprint density at radius 2 is 2.28 bits per heavy atom. The number of imidazole rings is 1. The summed E-state index contributed by atoms with van der Waals surface area (Å²) in [7, 11) is 0. The van der Waals surface area contributed by atoms with E-state index in [1.54, 1.807) is 24.4 Å². The first-order valence-corrected chi connectivity index (χ1v) is 8.06. The van der Waals surface area contributed by atoms with Gasteiger partial charge in [0, 0.05) is 18.1 Å². The maximum atomic E-state index is 12.3. The molecule has 0 unspecified atom stereocenters. The van der Waals surface area contributed by atoms with Gasteiger partial charge in [-0.1, -0.05) is 23.7 Å². The molecule has 2 aromatic heterocycles. The lowest BCUT2D eigenvalue weighted by Crippen LogP contribution is -2.18. The van der Waals surface area contributed by atoms with E-state index in [-0.39, 0.29) is 12.2 Å². The summed E-state index contributed by atoms with van der Waals surface area (Å²) in [5, 5.41) is 3.50. The number of fused-ring (bicyclic) bond motifs is 1. The van der Waals surface area contributed by atoms with Gasteiger partial charge in [-0.05, 0) is 24.6 Å². The predicted octanol–water partition coefficient (Wildman–Crippen LogP) is 2.13. The molecule has 4 N–H and O–H groups in total. The molecule has 1 aromatic carbocycles. The monoisotopic (exact) mass is 357 g/mol. The third kappa shape index (κ3) is 3.47. The number of hydrogen-bond donors (Lipinski definition) is 3. The highest BCUT2D eigenvalue weighted by molar-refractivity contribution is 6.31. The molecular formula is C16H16ClN7O. The number of aromatic amines is 1. The first-order chi connectivity index (χ1) is 12.1. The Morgan fingerprint density at radius 3 is 3.04 bits per heavy atom. The van der Waals surface area contributed by atoms with Gasteiger partial charge in [0.05, 0.1) is 12.8 Å². The second-order valence-corrected chi connectivity index (χ2v) is 5.77. The number of rotatable bonds is 6. The van der Waals surface area contributed by atoms with Crippen molar-refractivity contribution < 1.29 is 0 Å². The summed E-state index contributed by atoms with van der Waals surface area (Å²) >= 11 is 6.22. The van der Waals surface area contributed by atoms with Crippen molar-refractivity contribution >= 4 is 34.4 Å². The third-order valence-electron chi connectivity index (χ3n) is 3.71. The van der Waals surface area contributed by atoms with Gasteiger partial charge in [-0.15, -0.1) is 0 Å². The molecule has 0 atom stereocenters. The number of nitrogens with two attached hydrogens (primary N) is 1.